The van der Waals surface area contributed by atoms with Gasteiger partial charge in [-0.25, -0.2) is 4.98 Å². The second-order valence-electron chi connectivity index (χ2n) is 5.02. The predicted octanol–water partition coefficient (Wildman–Crippen LogP) is 1.57. The minimum absolute atomic E-state index is 0.0595. The van der Waals surface area contributed by atoms with E-state index in [4.69, 9.17) is 4.42 Å². The number of rotatable bonds is 1. The van der Waals surface area contributed by atoms with Gasteiger partial charge in [-0.05, 0) is 25.1 Å². The first-order valence-electron chi connectivity index (χ1n) is 6.53. The van der Waals surface area contributed by atoms with E-state index in [2.05, 4.69) is 17.2 Å². The summed E-state index contributed by atoms with van der Waals surface area (Å²) in [6.45, 7) is 6.22. The Morgan fingerprint density at radius 3 is 3.16 bits per heavy atom. The summed E-state index contributed by atoms with van der Waals surface area (Å²) < 4.78 is 5.47. The molecule has 3 rings (SSSR count). The second-order valence-corrected chi connectivity index (χ2v) is 5.02. The molecule has 0 spiro atoms. The lowest BCUT2D eigenvalue weighted by atomic mass is 10.1. The van der Waals surface area contributed by atoms with Gasteiger partial charge in [0, 0.05) is 38.2 Å². The normalized spacial score (nSPS) is 19.9. The van der Waals surface area contributed by atoms with Crippen LogP contribution in [0, 0.1) is 6.92 Å². The van der Waals surface area contributed by atoms with Crippen LogP contribution in [0.2, 0.25) is 0 Å². The Morgan fingerprint density at radius 1 is 1.53 bits per heavy atom. The van der Waals surface area contributed by atoms with Gasteiger partial charge < -0.3 is 14.6 Å². The van der Waals surface area contributed by atoms with E-state index in [-0.39, 0.29) is 5.91 Å². The van der Waals surface area contributed by atoms with Crippen molar-refractivity contribution in [2.75, 3.05) is 19.6 Å². The maximum absolute atomic E-state index is 12.4. The summed E-state index contributed by atoms with van der Waals surface area (Å²) in [5.74, 6) is 0.680. The molecule has 1 unspecified atom stereocenters. The number of oxazole rings is 1. The van der Waals surface area contributed by atoms with Crippen molar-refractivity contribution in [3.63, 3.8) is 0 Å². The number of hydrogen-bond acceptors (Lipinski definition) is 4. The molecular formula is C14H17N3O2. The molecule has 19 heavy (non-hydrogen) atoms. The third-order valence-corrected chi connectivity index (χ3v) is 3.40. The molecule has 1 amide bonds. The van der Waals surface area contributed by atoms with E-state index in [1.165, 1.54) is 0 Å². The molecule has 1 N–H and O–H groups in total. The summed E-state index contributed by atoms with van der Waals surface area (Å²) in [6.07, 6.45) is 0. The number of benzene rings is 1. The van der Waals surface area contributed by atoms with Crippen molar-refractivity contribution in [3.8, 4) is 0 Å². The van der Waals surface area contributed by atoms with Gasteiger partial charge in [0.15, 0.2) is 11.5 Å². The summed E-state index contributed by atoms with van der Waals surface area (Å²) >= 11 is 0. The van der Waals surface area contributed by atoms with Crippen LogP contribution in [-0.2, 0) is 0 Å². The number of carbonyl (C=O) groups is 1. The zero-order chi connectivity index (χ0) is 13.4. The number of nitrogens with zero attached hydrogens (tertiary/aromatic N) is 2. The van der Waals surface area contributed by atoms with Crippen molar-refractivity contribution in [1.29, 1.82) is 0 Å². The number of aromatic nitrogens is 1. The highest BCUT2D eigenvalue weighted by Crippen LogP contribution is 2.18. The molecule has 1 aromatic carbocycles. The summed E-state index contributed by atoms with van der Waals surface area (Å²) in [6, 6.07) is 5.78. The van der Waals surface area contributed by atoms with Crippen LogP contribution in [-0.4, -0.2) is 41.5 Å². The largest absolute Gasteiger partial charge is 0.441 e. The molecule has 1 saturated heterocycles. The van der Waals surface area contributed by atoms with Gasteiger partial charge in [0.05, 0.1) is 0 Å². The first-order chi connectivity index (χ1) is 9.13. The molecule has 0 saturated carbocycles. The summed E-state index contributed by atoms with van der Waals surface area (Å²) in [4.78, 5) is 18.5. The number of hydrogen-bond donors (Lipinski definition) is 1. The predicted molar refractivity (Wildman–Crippen MR) is 72.1 cm³/mol. The SMILES string of the molecule is Cc1nc2ccc(C(=O)N3CCNC(C)C3)cc2o1. The van der Waals surface area contributed by atoms with Gasteiger partial charge in [-0.15, -0.1) is 0 Å². The molecular weight excluding hydrogens is 242 g/mol. The van der Waals surface area contributed by atoms with Gasteiger partial charge in [0.2, 0.25) is 0 Å². The van der Waals surface area contributed by atoms with Crippen molar-refractivity contribution < 1.29 is 9.21 Å². The molecule has 5 nitrogen and oxygen atoms in total. The van der Waals surface area contributed by atoms with Gasteiger partial charge in [0.25, 0.3) is 5.91 Å². The smallest absolute Gasteiger partial charge is 0.254 e. The molecule has 0 bridgehead atoms. The number of piperazine rings is 1. The third-order valence-electron chi connectivity index (χ3n) is 3.40. The summed E-state index contributed by atoms with van der Waals surface area (Å²) in [5, 5.41) is 3.33. The Bertz CT molecular complexity index is 620. The Hall–Kier alpha value is -1.88. The van der Waals surface area contributed by atoms with Crippen molar-refractivity contribution in [1.82, 2.24) is 15.2 Å². The Labute approximate surface area is 111 Å². The zero-order valence-corrected chi connectivity index (χ0v) is 11.1. The maximum Gasteiger partial charge on any atom is 0.254 e. The lowest BCUT2D eigenvalue weighted by Gasteiger charge is -2.31. The molecule has 2 aromatic rings. The number of amides is 1. The molecule has 5 heteroatoms. The third kappa shape index (κ3) is 2.33. The van der Waals surface area contributed by atoms with E-state index >= 15 is 0 Å². The fourth-order valence-corrected chi connectivity index (χ4v) is 2.47. The Morgan fingerprint density at radius 2 is 2.37 bits per heavy atom. The van der Waals surface area contributed by atoms with E-state index in [1.807, 2.05) is 17.0 Å². The topological polar surface area (TPSA) is 58.4 Å². The number of fused-ring (bicyclic) bond motifs is 1. The lowest BCUT2D eigenvalue weighted by Crippen LogP contribution is -2.51. The highest BCUT2D eigenvalue weighted by molar-refractivity contribution is 5.97. The average Bonchev–Trinajstić information content (AvgIpc) is 2.76. The fourth-order valence-electron chi connectivity index (χ4n) is 2.47. The minimum Gasteiger partial charge on any atom is -0.441 e. The second kappa shape index (κ2) is 4.66. The van der Waals surface area contributed by atoms with E-state index in [0.29, 0.717) is 23.1 Å². The molecule has 1 aromatic heterocycles. The standard InChI is InChI=1S/C14H17N3O2/c1-9-8-17(6-5-15-9)14(18)11-3-4-12-13(7-11)19-10(2)16-12/h3-4,7,9,15H,5-6,8H2,1-2H3. The van der Waals surface area contributed by atoms with Crippen LogP contribution in [0.15, 0.2) is 22.6 Å². The van der Waals surface area contributed by atoms with E-state index in [1.54, 1.807) is 13.0 Å². The van der Waals surface area contributed by atoms with Crippen LogP contribution in [0.25, 0.3) is 11.1 Å². The maximum atomic E-state index is 12.4. The molecule has 1 aliphatic heterocycles. The quantitative estimate of drug-likeness (QED) is 0.844. The van der Waals surface area contributed by atoms with E-state index < -0.39 is 0 Å². The van der Waals surface area contributed by atoms with Crippen LogP contribution < -0.4 is 5.32 Å². The summed E-state index contributed by atoms with van der Waals surface area (Å²) in [5.41, 5.74) is 2.13. The van der Waals surface area contributed by atoms with Gasteiger partial charge in [0.1, 0.15) is 5.52 Å². The number of nitrogens with one attached hydrogen (secondary N) is 1. The highest BCUT2D eigenvalue weighted by atomic mass is 16.3. The molecule has 1 fully saturated rings. The van der Waals surface area contributed by atoms with Crippen LogP contribution in [0.5, 0.6) is 0 Å². The molecule has 1 aliphatic rings. The lowest BCUT2D eigenvalue weighted by molar-refractivity contribution is 0.0709. The first-order valence-corrected chi connectivity index (χ1v) is 6.53. The van der Waals surface area contributed by atoms with Gasteiger partial charge >= 0.3 is 0 Å². The fraction of sp³-hybridized carbons (Fsp3) is 0.429. The van der Waals surface area contributed by atoms with Crippen LogP contribution in [0.3, 0.4) is 0 Å². The number of aryl methyl sites for hydroxylation is 1. The van der Waals surface area contributed by atoms with Gasteiger partial charge in [-0.1, -0.05) is 0 Å². The van der Waals surface area contributed by atoms with Gasteiger partial charge in [-0.3, -0.25) is 4.79 Å². The zero-order valence-electron chi connectivity index (χ0n) is 11.1. The van der Waals surface area contributed by atoms with Gasteiger partial charge in [-0.2, -0.15) is 0 Å². The van der Waals surface area contributed by atoms with E-state index in [9.17, 15) is 4.79 Å². The number of carbonyl (C=O) groups excluding carboxylic acids is 1. The van der Waals surface area contributed by atoms with Crippen molar-refractivity contribution in [3.05, 3.63) is 29.7 Å². The monoisotopic (exact) mass is 259 g/mol. The molecule has 1 atom stereocenters. The molecule has 2 heterocycles. The Balaban J connectivity index is 1.88. The molecule has 0 aliphatic carbocycles. The molecule has 100 valence electrons. The van der Waals surface area contributed by atoms with E-state index in [0.717, 1.165) is 25.2 Å². The molecule has 0 radical (unpaired) electrons. The van der Waals surface area contributed by atoms with Crippen LogP contribution in [0.4, 0.5) is 0 Å². The van der Waals surface area contributed by atoms with Crippen molar-refractivity contribution in [2.24, 2.45) is 0 Å². The minimum atomic E-state index is 0.0595. The average molecular weight is 259 g/mol. The van der Waals surface area contributed by atoms with Crippen molar-refractivity contribution in [2.45, 2.75) is 19.9 Å². The highest BCUT2D eigenvalue weighted by Gasteiger charge is 2.22. The Kier molecular flexibility index (Phi) is 2.98. The summed E-state index contributed by atoms with van der Waals surface area (Å²) in [7, 11) is 0. The van der Waals surface area contributed by atoms with Crippen LogP contribution >= 0.6 is 0 Å². The van der Waals surface area contributed by atoms with Crippen LogP contribution in [0.1, 0.15) is 23.2 Å². The first kappa shape index (κ1) is 12.2. The van der Waals surface area contributed by atoms with Crippen molar-refractivity contribution >= 4 is 17.0 Å².